The summed E-state index contributed by atoms with van der Waals surface area (Å²) in [6.07, 6.45) is -6.38. The van der Waals surface area contributed by atoms with Crippen molar-refractivity contribution in [2.24, 2.45) is 0 Å². The molecule has 0 aliphatic carbocycles. The van der Waals surface area contributed by atoms with Crippen molar-refractivity contribution in [3.8, 4) is 0 Å². The van der Waals surface area contributed by atoms with Gasteiger partial charge in [0.25, 0.3) is 10.0 Å². The summed E-state index contributed by atoms with van der Waals surface area (Å²) in [5, 5.41) is 1.16. The summed E-state index contributed by atoms with van der Waals surface area (Å²) in [6.45, 7) is 0. The minimum absolute atomic E-state index is 0.0180. The summed E-state index contributed by atoms with van der Waals surface area (Å²) in [4.78, 5) is 11.2. The Balaban J connectivity index is 1.82. The predicted octanol–water partition coefficient (Wildman–Crippen LogP) is 5.27. The Bertz CT molecular complexity index is 1260. The molecule has 2 aromatic carbocycles. The van der Waals surface area contributed by atoms with E-state index in [1.807, 2.05) is 0 Å². The lowest BCUT2D eigenvalue weighted by Crippen LogP contribution is -2.63. The summed E-state index contributed by atoms with van der Waals surface area (Å²) in [7, 11) is -4.31. The minimum atomic E-state index is -6.83. The van der Waals surface area contributed by atoms with E-state index in [4.69, 9.17) is 11.6 Å². The molecule has 1 heterocycles. The van der Waals surface area contributed by atoms with Gasteiger partial charge in [0.2, 0.25) is 0 Å². The highest BCUT2D eigenvalue weighted by molar-refractivity contribution is 7.92. The Morgan fingerprint density at radius 1 is 0.886 bits per heavy atom. The standard InChI is InChI=1S/C18H10ClF9N2O4S/c19-11-3-1-2-4-12(11)30-35(32,33)10-7-5-9(6-8-10)29-13(31)14(20,21)17(26)15(22,23)16(24,25)18(27,28)34-17/h1-8,30H,(H,29,31). The van der Waals surface area contributed by atoms with Crippen LogP contribution in [0.25, 0.3) is 0 Å². The van der Waals surface area contributed by atoms with Gasteiger partial charge in [0.15, 0.2) is 0 Å². The van der Waals surface area contributed by atoms with Gasteiger partial charge in [-0.25, -0.2) is 8.42 Å². The maximum Gasteiger partial charge on any atom is 0.428 e. The van der Waals surface area contributed by atoms with Gasteiger partial charge in [0.05, 0.1) is 15.6 Å². The quantitative estimate of drug-likeness (QED) is 0.475. The molecule has 35 heavy (non-hydrogen) atoms. The summed E-state index contributed by atoms with van der Waals surface area (Å²) >= 11 is 5.83. The summed E-state index contributed by atoms with van der Waals surface area (Å²) < 4.78 is 151. The van der Waals surface area contributed by atoms with Crippen LogP contribution in [0.3, 0.4) is 0 Å². The van der Waals surface area contributed by atoms with Gasteiger partial charge >= 0.3 is 35.6 Å². The number of para-hydroxylation sites is 1. The normalized spacial score (nSPS) is 23.0. The first-order chi connectivity index (χ1) is 15.8. The fraction of sp³-hybridized carbons (Fsp3) is 0.278. The Morgan fingerprint density at radius 3 is 1.91 bits per heavy atom. The smallest absolute Gasteiger partial charge is 0.321 e. The van der Waals surface area contributed by atoms with E-state index in [1.165, 1.54) is 24.3 Å². The van der Waals surface area contributed by atoms with Crippen molar-refractivity contribution in [3.05, 3.63) is 53.6 Å². The van der Waals surface area contributed by atoms with Gasteiger partial charge in [0.1, 0.15) is 0 Å². The van der Waals surface area contributed by atoms with Gasteiger partial charge in [-0.1, -0.05) is 23.7 Å². The number of hydrogen-bond donors (Lipinski definition) is 2. The third-order valence-corrected chi connectivity index (χ3v) is 6.37. The van der Waals surface area contributed by atoms with E-state index >= 15 is 0 Å². The number of benzene rings is 2. The molecule has 1 amide bonds. The molecular formula is C18H10ClF9N2O4S. The van der Waals surface area contributed by atoms with Crippen LogP contribution >= 0.6 is 11.6 Å². The number of alkyl halides is 9. The van der Waals surface area contributed by atoms with Crippen molar-refractivity contribution in [1.82, 2.24) is 0 Å². The zero-order valence-corrected chi connectivity index (χ0v) is 18.0. The molecule has 0 aromatic heterocycles. The Hall–Kier alpha value is -2.72. The average Bonchev–Trinajstić information content (AvgIpc) is 2.84. The van der Waals surface area contributed by atoms with Crippen molar-refractivity contribution >= 4 is 38.9 Å². The highest BCUT2D eigenvalue weighted by Crippen LogP contribution is 2.64. The SMILES string of the molecule is O=C(Nc1ccc(S(=O)(=O)Nc2ccccc2Cl)cc1)C(F)(F)C1(F)OC(F)(F)C(F)(F)C1(F)F. The monoisotopic (exact) mass is 556 g/mol. The van der Waals surface area contributed by atoms with E-state index in [2.05, 4.69) is 9.46 Å². The highest BCUT2D eigenvalue weighted by atomic mass is 35.5. The zero-order valence-electron chi connectivity index (χ0n) is 16.4. The van der Waals surface area contributed by atoms with Gasteiger partial charge in [-0.3, -0.25) is 14.3 Å². The lowest BCUT2D eigenvalue weighted by atomic mass is 9.99. The molecule has 1 atom stereocenters. The first-order valence-corrected chi connectivity index (χ1v) is 10.8. The van der Waals surface area contributed by atoms with Crippen LogP contribution in [-0.4, -0.2) is 44.1 Å². The van der Waals surface area contributed by atoms with Crippen LogP contribution in [0.2, 0.25) is 5.02 Å². The van der Waals surface area contributed by atoms with Crippen molar-refractivity contribution in [2.45, 2.75) is 34.6 Å². The molecule has 17 heteroatoms. The number of halogens is 10. The molecule has 1 saturated heterocycles. The van der Waals surface area contributed by atoms with E-state index in [1.54, 1.807) is 0 Å². The summed E-state index contributed by atoms with van der Waals surface area (Å²) in [5.74, 6) is -29.3. The second-order valence-electron chi connectivity index (χ2n) is 7.00. The maximum absolute atomic E-state index is 14.2. The molecular weight excluding hydrogens is 547 g/mol. The van der Waals surface area contributed by atoms with Gasteiger partial charge in [-0.15, -0.1) is 0 Å². The molecule has 2 N–H and O–H groups in total. The molecule has 2 aromatic rings. The topological polar surface area (TPSA) is 84.5 Å². The number of carbonyl (C=O) groups is 1. The molecule has 6 nitrogen and oxygen atoms in total. The van der Waals surface area contributed by atoms with Crippen LogP contribution in [0.1, 0.15) is 0 Å². The number of carbonyl (C=O) groups excluding carboxylic acids is 1. The fourth-order valence-electron chi connectivity index (χ4n) is 2.77. The van der Waals surface area contributed by atoms with Gasteiger partial charge in [-0.2, -0.15) is 39.5 Å². The number of hydrogen-bond acceptors (Lipinski definition) is 4. The van der Waals surface area contributed by atoms with Crippen LogP contribution < -0.4 is 10.0 Å². The molecule has 0 saturated carbocycles. The van der Waals surface area contributed by atoms with E-state index in [0.717, 1.165) is 17.4 Å². The summed E-state index contributed by atoms with van der Waals surface area (Å²) in [6, 6.07) is 8.33. The molecule has 1 aliphatic heterocycles. The lowest BCUT2D eigenvalue weighted by Gasteiger charge is -2.31. The predicted molar refractivity (Wildman–Crippen MR) is 102 cm³/mol. The Morgan fingerprint density at radius 2 is 1.43 bits per heavy atom. The number of anilines is 2. The van der Waals surface area contributed by atoms with Crippen LogP contribution in [-0.2, 0) is 19.6 Å². The molecule has 3 rings (SSSR count). The minimum Gasteiger partial charge on any atom is -0.321 e. The van der Waals surface area contributed by atoms with E-state index in [0.29, 0.717) is 12.1 Å². The van der Waals surface area contributed by atoms with E-state index in [9.17, 15) is 52.7 Å². The molecule has 192 valence electrons. The molecule has 1 aliphatic rings. The second kappa shape index (κ2) is 8.16. The van der Waals surface area contributed by atoms with Gasteiger partial charge in [-0.05, 0) is 36.4 Å². The third kappa shape index (κ3) is 4.06. The van der Waals surface area contributed by atoms with Gasteiger partial charge in [0, 0.05) is 5.69 Å². The lowest BCUT2D eigenvalue weighted by molar-refractivity contribution is -0.366. The van der Waals surface area contributed by atoms with E-state index < -0.39 is 56.2 Å². The Labute approximate surface area is 195 Å². The first-order valence-electron chi connectivity index (χ1n) is 8.89. The highest BCUT2D eigenvalue weighted by Gasteiger charge is 2.96. The number of rotatable bonds is 6. The van der Waals surface area contributed by atoms with Crippen molar-refractivity contribution < 1.29 is 57.5 Å². The van der Waals surface area contributed by atoms with Crippen molar-refractivity contribution in [3.63, 3.8) is 0 Å². The molecule has 1 unspecified atom stereocenters. The zero-order chi connectivity index (χ0) is 26.7. The first kappa shape index (κ1) is 26.9. The fourth-order valence-corrected chi connectivity index (χ4v) is 4.09. The number of ether oxygens (including phenoxy) is 1. The van der Waals surface area contributed by atoms with Crippen LogP contribution in [0.4, 0.5) is 50.9 Å². The van der Waals surface area contributed by atoms with Crippen LogP contribution in [0.5, 0.6) is 0 Å². The third-order valence-electron chi connectivity index (χ3n) is 4.66. The average molecular weight is 557 g/mol. The van der Waals surface area contributed by atoms with Gasteiger partial charge < -0.3 is 5.32 Å². The van der Waals surface area contributed by atoms with Crippen LogP contribution in [0, 0.1) is 0 Å². The number of amides is 1. The van der Waals surface area contributed by atoms with E-state index in [-0.39, 0.29) is 10.7 Å². The molecule has 0 bridgehead atoms. The summed E-state index contributed by atoms with van der Waals surface area (Å²) in [5.41, 5.74) is -0.805. The molecule has 0 radical (unpaired) electrons. The van der Waals surface area contributed by atoms with Crippen molar-refractivity contribution in [2.75, 3.05) is 10.0 Å². The largest absolute Gasteiger partial charge is 0.428 e. The molecule has 0 spiro atoms. The van der Waals surface area contributed by atoms with Crippen molar-refractivity contribution in [1.29, 1.82) is 0 Å². The Kier molecular flexibility index (Phi) is 6.27. The molecule has 1 fully saturated rings. The number of sulfonamides is 1. The second-order valence-corrected chi connectivity index (χ2v) is 9.09. The van der Waals surface area contributed by atoms with Crippen LogP contribution in [0.15, 0.2) is 53.4 Å². The number of nitrogens with one attached hydrogen (secondary N) is 2. The maximum atomic E-state index is 14.2.